The second kappa shape index (κ2) is 7.70. The van der Waals surface area contributed by atoms with Gasteiger partial charge < -0.3 is 5.11 Å². The van der Waals surface area contributed by atoms with Crippen molar-refractivity contribution in [3.8, 4) is 0 Å². The summed E-state index contributed by atoms with van der Waals surface area (Å²) in [4.78, 5) is 0. The first kappa shape index (κ1) is 21.4. The zero-order chi connectivity index (χ0) is 21.0. The Kier molecular flexibility index (Phi) is 5.69. The van der Waals surface area contributed by atoms with Gasteiger partial charge in [-0.15, -0.1) is 0 Å². The van der Waals surface area contributed by atoms with E-state index in [1.54, 1.807) is 5.57 Å². The summed E-state index contributed by atoms with van der Waals surface area (Å²) < 4.78 is 0. The van der Waals surface area contributed by atoms with Crippen molar-refractivity contribution in [2.75, 3.05) is 0 Å². The van der Waals surface area contributed by atoms with E-state index in [2.05, 4.69) is 65.8 Å². The van der Waals surface area contributed by atoms with Crippen molar-refractivity contribution >= 4 is 0 Å². The molecule has 0 unspecified atom stereocenters. The van der Waals surface area contributed by atoms with Crippen molar-refractivity contribution in [3.63, 3.8) is 0 Å². The first-order chi connectivity index (χ1) is 13.7. The van der Waals surface area contributed by atoms with Crippen molar-refractivity contribution in [1.82, 2.24) is 0 Å². The average Bonchev–Trinajstić information content (AvgIpc) is 3.03. The van der Waals surface area contributed by atoms with Crippen molar-refractivity contribution < 1.29 is 5.11 Å². The second-order valence-electron chi connectivity index (χ2n) is 11.9. The van der Waals surface area contributed by atoms with E-state index in [1.807, 2.05) is 0 Å². The highest BCUT2D eigenvalue weighted by molar-refractivity contribution is 5.39. The van der Waals surface area contributed by atoms with Gasteiger partial charge >= 0.3 is 0 Å². The van der Waals surface area contributed by atoms with E-state index < -0.39 is 0 Å². The highest BCUT2D eigenvalue weighted by Crippen LogP contribution is 2.65. The fraction of sp³-hybridized carbons (Fsp3) is 0.786. The van der Waals surface area contributed by atoms with E-state index in [0.29, 0.717) is 22.7 Å². The van der Waals surface area contributed by atoms with Crippen molar-refractivity contribution in [2.45, 2.75) is 92.6 Å². The van der Waals surface area contributed by atoms with Crippen LogP contribution in [0.15, 0.2) is 35.5 Å². The maximum atomic E-state index is 10.2. The Morgan fingerprint density at radius 3 is 2.41 bits per heavy atom. The quantitative estimate of drug-likeness (QED) is 0.493. The van der Waals surface area contributed by atoms with Gasteiger partial charge in [0.1, 0.15) is 0 Å². The SMILES string of the molecule is CC(C)[C@H](C)/C=C/[C@H](C)[C@@H]1CC[C@@H]2C3=CC=C4C[C@H](O)CC[C@]4(C)[C@@H]3CC[C@]21C. The van der Waals surface area contributed by atoms with Gasteiger partial charge in [0.25, 0.3) is 0 Å². The molecule has 4 aliphatic carbocycles. The van der Waals surface area contributed by atoms with Crippen LogP contribution in [-0.4, -0.2) is 11.2 Å². The zero-order valence-electron chi connectivity index (χ0n) is 19.7. The summed E-state index contributed by atoms with van der Waals surface area (Å²) in [6.07, 6.45) is 18.4. The minimum Gasteiger partial charge on any atom is -0.393 e. The third kappa shape index (κ3) is 3.50. The van der Waals surface area contributed by atoms with Crippen molar-refractivity contribution in [3.05, 3.63) is 35.5 Å². The third-order valence-electron chi connectivity index (χ3n) is 10.0. The Morgan fingerprint density at radius 2 is 1.69 bits per heavy atom. The molecule has 0 aliphatic heterocycles. The molecule has 3 saturated carbocycles. The molecular formula is C28H44O. The Morgan fingerprint density at radius 1 is 0.931 bits per heavy atom. The van der Waals surface area contributed by atoms with Crippen LogP contribution < -0.4 is 0 Å². The lowest BCUT2D eigenvalue weighted by molar-refractivity contribution is 0.0382. The molecule has 1 nitrogen and oxygen atoms in total. The number of hydrogen-bond donors (Lipinski definition) is 1. The van der Waals surface area contributed by atoms with Gasteiger partial charge in [0.2, 0.25) is 0 Å². The minimum absolute atomic E-state index is 0.116. The summed E-state index contributed by atoms with van der Waals surface area (Å²) >= 11 is 0. The lowest BCUT2D eigenvalue weighted by atomic mass is 9.50. The number of aliphatic hydroxyl groups excluding tert-OH is 1. The number of fused-ring (bicyclic) bond motifs is 5. The predicted octanol–water partition coefficient (Wildman–Crippen LogP) is 7.33. The summed E-state index contributed by atoms with van der Waals surface area (Å²) in [7, 11) is 0. The molecule has 1 N–H and O–H groups in total. The Balaban J connectivity index is 1.57. The van der Waals surface area contributed by atoms with E-state index in [1.165, 1.54) is 37.7 Å². The first-order valence-electron chi connectivity index (χ1n) is 12.4. The number of hydrogen-bond acceptors (Lipinski definition) is 1. The maximum absolute atomic E-state index is 10.2. The fourth-order valence-electron chi connectivity index (χ4n) is 7.59. The molecule has 4 aliphatic rings. The number of aliphatic hydroxyl groups is 1. The number of allylic oxidation sites excluding steroid dienone is 5. The molecule has 8 atom stereocenters. The van der Waals surface area contributed by atoms with Crippen LogP contribution >= 0.6 is 0 Å². The lowest BCUT2D eigenvalue weighted by Gasteiger charge is -2.55. The van der Waals surface area contributed by atoms with Crippen LogP contribution in [0.5, 0.6) is 0 Å². The molecule has 0 aromatic heterocycles. The molecule has 3 fully saturated rings. The van der Waals surface area contributed by atoms with Gasteiger partial charge in [0, 0.05) is 0 Å². The molecule has 0 heterocycles. The maximum Gasteiger partial charge on any atom is 0.0578 e. The van der Waals surface area contributed by atoms with E-state index in [4.69, 9.17) is 0 Å². The summed E-state index contributed by atoms with van der Waals surface area (Å²) in [6.45, 7) is 14.6. The van der Waals surface area contributed by atoms with Gasteiger partial charge in [0.05, 0.1) is 6.10 Å². The van der Waals surface area contributed by atoms with Gasteiger partial charge in [-0.3, -0.25) is 0 Å². The molecule has 162 valence electrons. The van der Waals surface area contributed by atoms with Gasteiger partial charge in [-0.1, -0.05) is 77.0 Å². The van der Waals surface area contributed by atoms with E-state index in [9.17, 15) is 5.11 Å². The third-order valence-corrected chi connectivity index (χ3v) is 10.0. The van der Waals surface area contributed by atoms with Crippen molar-refractivity contribution in [2.24, 2.45) is 46.3 Å². The summed E-state index contributed by atoms with van der Waals surface area (Å²) in [5.41, 5.74) is 4.07. The molecule has 0 amide bonds. The van der Waals surface area contributed by atoms with Crippen LogP contribution in [0.2, 0.25) is 0 Å². The van der Waals surface area contributed by atoms with Crippen LogP contribution in [0.1, 0.15) is 86.5 Å². The molecule has 29 heavy (non-hydrogen) atoms. The van der Waals surface area contributed by atoms with E-state index in [-0.39, 0.29) is 6.10 Å². The van der Waals surface area contributed by atoms with E-state index in [0.717, 1.165) is 36.5 Å². The van der Waals surface area contributed by atoms with Gasteiger partial charge in [-0.25, -0.2) is 0 Å². The standard InChI is InChI=1S/C28H44O/c1-18(2)19(3)7-8-20(4)24-11-12-25-23-10-9-21-17-22(29)13-15-27(21,5)26(23)14-16-28(24,25)6/h7-10,18-20,22,24-26,29H,11-17H2,1-6H3/b8-7+/t19-,20+,22-,24+,25-,26-,27+,28+/m1/s1. The number of rotatable bonds is 4. The molecule has 1 heteroatoms. The molecular weight excluding hydrogens is 352 g/mol. The normalized spacial score (nSPS) is 44.0. The van der Waals surface area contributed by atoms with Crippen LogP contribution in [0, 0.1) is 46.3 Å². The fourth-order valence-corrected chi connectivity index (χ4v) is 7.59. The van der Waals surface area contributed by atoms with E-state index >= 15 is 0 Å². The van der Waals surface area contributed by atoms with Crippen molar-refractivity contribution in [1.29, 1.82) is 0 Å². The van der Waals surface area contributed by atoms with Crippen LogP contribution in [0.25, 0.3) is 0 Å². The second-order valence-corrected chi connectivity index (χ2v) is 11.9. The Bertz CT molecular complexity index is 712. The lowest BCUT2D eigenvalue weighted by Crippen LogP contribution is -2.46. The summed E-state index contributed by atoms with van der Waals surface area (Å²) in [5.74, 6) is 4.38. The highest BCUT2D eigenvalue weighted by Gasteiger charge is 2.56. The highest BCUT2D eigenvalue weighted by atomic mass is 16.3. The van der Waals surface area contributed by atoms with Crippen LogP contribution in [-0.2, 0) is 0 Å². The minimum atomic E-state index is -0.116. The van der Waals surface area contributed by atoms with Crippen LogP contribution in [0.3, 0.4) is 0 Å². The Labute approximate surface area is 179 Å². The first-order valence-corrected chi connectivity index (χ1v) is 12.4. The molecule has 0 aromatic carbocycles. The summed E-state index contributed by atoms with van der Waals surface area (Å²) in [5, 5.41) is 10.2. The predicted molar refractivity (Wildman–Crippen MR) is 123 cm³/mol. The molecule has 0 radical (unpaired) electrons. The zero-order valence-corrected chi connectivity index (χ0v) is 19.7. The average molecular weight is 397 g/mol. The van der Waals surface area contributed by atoms with Gasteiger partial charge in [-0.2, -0.15) is 0 Å². The topological polar surface area (TPSA) is 20.2 Å². The summed E-state index contributed by atoms with van der Waals surface area (Å²) in [6, 6.07) is 0. The van der Waals surface area contributed by atoms with Gasteiger partial charge in [-0.05, 0) is 91.3 Å². The molecule has 4 rings (SSSR count). The monoisotopic (exact) mass is 396 g/mol. The molecule has 0 spiro atoms. The largest absolute Gasteiger partial charge is 0.393 e. The van der Waals surface area contributed by atoms with Gasteiger partial charge in [0.15, 0.2) is 0 Å². The molecule has 0 bridgehead atoms. The Hall–Kier alpha value is -0.820. The molecule has 0 aromatic rings. The smallest absolute Gasteiger partial charge is 0.0578 e. The van der Waals surface area contributed by atoms with Crippen LogP contribution in [0.4, 0.5) is 0 Å². The molecule has 0 saturated heterocycles.